The third-order valence-electron chi connectivity index (χ3n) is 2.39. The average molecular weight is 288 g/mol. The van der Waals surface area contributed by atoms with E-state index < -0.39 is 22.0 Å². The van der Waals surface area contributed by atoms with Gasteiger partial charge in [0.05, 0.1) is 23.1 Å². The van der Waals surface area contributed by atoms with E-state index in [2.05, 4.69) is 4.72 Å². The van der Waals surface area contributed by atoms with Gasteiger partial charge in [0.2, 0.25) is 10.0 Å². The smallest absolute Gasteiger partial charge is 0.250 e. The minimum atomic E-state index is -3.68. The van der Waals surface area contributed by atoms with E-state index in [1.807, 2.05) is 0 Å². The second-order valence-corrected chi connectivity index (χ2v) is 5.79. The zero-order valence-corrected chi connectivity index (χ0v) is 11.4. The summed E-state index contributed by atoms with van der Waals surface area (Å²) in [6.07, 6.45) is -0.494. The minimum Gasteiger partial charge on any atom is -0.508 e. The summed E-state index contributed by atoms with van der Waals surface area (Å²) in [6, 6.07) is 3.62. The van der Waals surface area contributed by atoms with Crippen molar-refractivity contribution in [2.75, 3.05) is 17.6 Å². The molecule has 0 fully saturated rings. The average Bonchev–Trinajstić information content (AvgIpc) is 2.30. The summed E-state index contributed by atoms with van der Waals surface area (Å²) < 4.78 is 30.8. The Hall–Kier alpha value is -1.80. The van der Waals surface area contributed by atoms with Gasteiger partial charge in [-0.2, -0.15) is 0 Å². The zero-order valence-electron chi connectivity index (χ0n) is 10.6. The topological polar surface area (TPSA) is 119 Å². The van der Waals surface area contributed by atoms with Crippen LogP contribution in [0.25, 0.3) is 0 Å². The molecule has 8 heteroatoms. The number of hydrogen-bond donors (Lipinski definition) is 3. The molecule has 1 unspecified atom stereocenters. The van der Waals surface area contributed by atoms with E-state index in [0.29, 0.717) is 0 Å². The van der Waals surface area contributed by atoms with Gasteiger partial charge in [0.1, 0.15) is 5.75 Å². The van der Waals surface area contributed by atoms with Crippen LogP contribution in [0.1, 0.15) is 17.3 Å². The molecular formula is C11H16N2O5S. The van der Waals surface area contributed by atoms with Crippen LogP contribution in [0.5, 0.6) is 5.75 Å². The van der Waals surface area contributed by atoms with E-state index in [-0.39, 0.29) is 22.8 Å². The molecule has 0 aromatic heterocycles. The molecule has 1 aromatic carbocycles. The lowest BCUT2D eigenvalue weighted by molar-refractivity contribution is 0.100. The first kappa shape index (κ1) is 15.3. The van der Waals surface area contributed by atoms with Crippen LogP contribution in [0.15, 0.2) is 18.2 Å². The highest BCUT2D eigenvalue weighted by atomic mass is 32.2. The van der Waals surface area contributed by atoms with Crippen molar-refractivity contribution in [3.8, 4) is 5.75 Å². The number of primary amides is 1. The van der Waals surface area contributed by atoms with Crippen molar-refractivity contribution in [1.82, 2.24) is 0 Å². The maximum Gasteiger partial charge on any atom is 0.250 e. The highest BCUT2D eigenvalue weighted by molar-refractivity contribution is 7.92. The second-order valence-electron chi connectivity index (χ2n) is 4.02. The Morgan fingerprint density at radius 2 is 2.16 bits per heavy atom. The number of phenols is 1. The Balaban J connectivity index is 3.02. The van der Waals surface area contributed by atoms with E-state index in [0.717, 1.165) is 6.07 Å². The van der Waals surface area contributed by atoms with Crippen LogP contribution in [-0.4, -0.2) is 38.4 Å². The number of amides is 1. The van der Waals surface area contributed by atoms with Crippen LogP contribution in [0.3, 0.4) is 0 Å². The fraction of sp³-hybridized carbons (Fsp3) is 0.364. The summed E-state index contributed by atoms with van der Waals surface area (Å²) in [5.41, 5.74) is 5.04. The third-order valence-corrected chi connectivity index (χ3v) is 3.83. The number of nitrogens with two attached hydrogens (primary N) is 1. The maximum absolute atomic E-state index is 11.8. The predicted molar refractivity (Wildman–Crippen MR) is 70.5 cm³/mol. The fourth-order valence-corrected chi connectivity index (χ4v) is 2.76. The normalized spacial score (nSPS) is 12.9. The molecule has 0 saturated carbocycles. The van der Waals surface area contributed by atoms with Gasteiger partial charge in [-0.25, -0.2) is 8.42 Å². The van der Waals surface area contributed by atoms with Crippen molar-refractivity contribution < 1.29 is 23.1 Å². The van der Waals surface area contributed by atoms with E-state index in [1.165, 1.54) is 19.2 Å². The van der Waals surface area contributed by atoms with Crippen molar-refractivity contribution in [3.63, 3.8) is 0 Å². The summed E-state index contributed by atoms with van der Waals surface area (Å²) in [7, 11) is -2.28. The first-order valence-corrected chi connectivity index (χ1v) is 7.06. The number of benzene rings is 1. The summed E-state index contributed by atoms with van der Waals surface area (Å²) >= 11 is 0. The number of ether oxygens (including phenoxy) is 1. The standard InChI is InChI=1S/C11H16N2O5S/c1-7(18-2)6-19(16,17)13-10-4-3-8(14)5-9(10)11(12)15/h3-5,7,13-14H,6H2,1-2H3,(H2,12,15). The lowest BCUT2D eigenvalue weighted by atomic mass is 10.1. The molecule has 0 bridgehead atoms. The largest absolute Gasteiger partial charge is 0.508 e. The third kappa shape index (κ3) is 4.42. The van der Waals surface area contributed by atoms with Gasteiger partial charge in [-0.3, -0.25) is 9.52 Å². The van der Waals surface area contributed by atoms with Crippen LogP contribution in [0.4, 0.5) is 5.69 Å². The first-order valence-electron chi connectivity index (χ1n) is 5.41. The number of carbonyl (C=O) groups excluding carboxylic acids is 1. The quantitative estimate of drug-likeness (QED) is 0.649. The van der Waals surface area contributed by atoms with Gasteiger partial charge in [0.15, 0.2) is 0 Å². The van der Waals surface area contributed by atoms with Gasteiger partial charge in [0.25, 0.3) is 5.91 Å². The maximum atomic E-state index is 11.8. The molecule has 0 aliphatic heterocycles. The minimum absolute atomic E-state index is 0.0219. The van der Waals surface area contributed by atoms with Gasteiger partial charge in [0, 0.05) is 7.11 Å². The summed E-state index contributed by atoms with van der Waals surface area (Å²) in [5.74, 6) is -1.28. The van der Waals surface area contributed by atoms with Crippen LogP contribution in [-0.2, 0) is 14.8 Å². The second kappa shape index (κ2) is 5.89. The van der Waals surface area contributed by atoms with Crippen LogP contribution < -0.4 is 10.5 Å². The number of rotatable bonds is 6. The van der Waals surface area contributed by atoms with Crippen LogP contribution >= 0.6 is 0 Å². The highest BCUT2D eigenvalue weighted by Gasteiger charge is 2.18. The number of methoxy groups -OCH3 is 1. The molecule has 0 spiro atoms. The monoisotopic (exact) mass is 288 g/mol. The van der Waals surface area contributed by atoms with E-state index in [9.17, 15) is 18.3 Å². The number of carbonyl (C=O) groups is 1. The number of phenolic OH excluding ortho intramolecular Hbond substituents is 1. The Morgan fingerprint density at radius 3 is 2.68 bits per heavy atom. The Bertz CT molecular complexity index is 570. The van der Waals surface area contributed by atoms with Crippen LogP contribution in [0.2, 0.25) is 0 Å². The van der Waals surface area contributed by atoms with Crippen molar-refractivity contribution in [2.24, 2.45) is 5.73 Å². The molecule has 1 amide bonds. The SMILES string of the molecule is COC(C)CS(=O)(=O)Nc1ccc(O)cc1C(N)=O. The van der Waals surface area contributed by atoms with Crippen LogP contribution in [0, 0.1) is 0 Å². The van der Waals surface area contributed by atoms with Gasteiger partial charge < -0.3 is 15.6 Å². The number of nitrogens with one attached hydrogen (secondary N) is 1. The molecule has 0 heterocycles. The number of sulfonamides is 1. The predicted octanol–water partition coefficient (Wildman–Crippen LogP) is 0.268. The molecule has 0 radical (unpaired) electrons. The zero-order chi connectivity index (χ0) is 14.6. The number of aromatic hydroxyl groups is 1. The van der Waals surface area contributed by atoms with E-state index in [1.54, 1.807) is 6.92 Å². The molecule has 106 valence electrons. The molecule has 19 heavy (non-hydrogen) atoms. The molecule has 1 aromatic rings. The number of hydrogen-bond acceptors (Lipinski definition) is 5. The van der Waals surface area contributed by atoms with Gasteiger partial charge in [-0.15, -0.1) is 0 Å². The van der Waals surface area contributed by atoms with Gasteiger partial charge in [-0.1, -0.05) is 0 Å². The lowest BCUT2D eigenvalue weighted by Gasteiger charge is -2.14. The molecule has 0 saturated heterocycles. The van der Waals surface area contributed by atoms with Crippen molar-refractivity contribution >= 4 is 21.6 Å². The fourth-order valence-electron chi connectivity index (χ4n) is 1.41. The molecule has 1 atom stereocenters. The van der Waals surface area contributed by atoms with Crippen molar-refractivity contribution in [1.29, 1.82) is 0 Å². The molecule has 7 nitrogen and oxygen atoms in total. The highest BCUT2D eigenvalue weighted by Crippen LogP contribution is 2.22. The molecule has 1 rings (SSSR count). The summed E-state index contributed by atoms with van der Waals surface area (Å²) in [4.78, 5) is 11.2. The first-order chi connectivity index (χ1) is 8.75. The Kier molecular flexibility index (Phi) is 4.73. The summed E-state index contributed by atoms with van der Waals surface area (Å²) in [6.45, 7) is 1.60. The lowest BCUT2D eigenvalue weighted by Crippen LogP contribution is -2.26. The Morgan fingerprint density at radius 1 is 1.53 bits per heavy atom. The summed E-state index contributed by atoms with van der Waals surface area (Å²) in [5, 5.41) is 9.26. The molecular weight excluding hydrogens is 272 g/mol. The Labute approximate surface area is 111 Å². The van der Waals surface area contributed by atoms with E-state index in [4.69, 9.17) is 10.5 Å². The van der Waals surface area contributed by atoms with Gasteiger partial charge in [-0.05, 0) is 25.1 Å². The number of anilines is 1. The molecule has 0 aliphatic carbocycles. The molecule has 0 aliphatic rings. The van der Waals surface area contributed by atoms with Gasteiger partial charge >= 0.3 is 0 Å². The van der Waals surface area contributed by atoms with E-state index >= 15 is 0 Å². The van der Waals surface area contributed by atoms with Crippen molar-refractivity contribution in [3.05, 3.63) is 23.8 Å². The van der Waals surface area contributed by atoms with Crippen molar-refractivity contribution in [2.45, 2.75) is 13.0 Å². The molecule has 4 N–H and O–H groups in total.